The lowest BCUT2D eigenvalue weighted by Crippen LogP contribution is -2.46. The van der Waals surface area contributed by atoms with Crippen molar-refractivity contribution >= 4 is 40.2 Å². The minimum atomic E-state index is -0.666. The third kappa shape index (κ3) is 4.82. The maximum Gasteiger partial charge on any atom is 0.248 e. The first-order chi connectivity index (χ1) is 14.6. The van der Waals surface area contributed by atoms with Crippen molar-refractivity contribution in [2.75, 3.05) is 4.90 Å². The van der Waals surface area contributed by atoms with E-state index in [4.69, 9.17) is 0 Å². The number of benzene rings is 1. The molecule has 1 aromatic carbocycles. The lowest BCUT2D eigenvalue weighted by molar-refractivity contribution is -0.126. The molecule has 0 spiro atoms. The molecule has 156 valence electrons. The van der Waals surface area contributed by atoms with E-state index >= 15 is 0 Å². The van der Waals surface area contributed by atoms with Gasteiger partial charge in [-0.1, -0.05) is 42.7 Å². The van der Waals surface area contributed by atoms with Crippen molar-refractivity contribution in [3.05, 3.63) is 74.6 Å². The Bertz CT molecular complexity index is 959. The molecule has 1 fully saturated rings. The molecule has 0 aliphatic heterocycles. The normalized spacial score (nSPS) is 15.1. The van der Waals surface area contributed by atoms with E-state index in [0.29, 0.717) is 0 Å². The van der Waals surface area contributed by atoms with E-state index < -0.39 is 6.04 Å². The summed E-state index contributed by atoms with van der Waals surface area (Å²) in [5, 5.41) is 7.15. The third-order valence-corrected chi connectivity index (χ3v) is 7.31. The molecule has 0 saturated heterocycles. The molecular weight excluding hydrogens is 412 g/mol. The summed E-state index contributed by atoms with van der Waals surface area (Å²) in [5.41, 5.74) is 1.87. The minimum absolute atomic E-state index is 0.0683. The maximum atomic E-state index is 13.5. The predicted octanol–water partition coefficient (Wildman–Crippen LogP) is 5.49. The van der Waals surface area contributed by atoms with Crippen LogP contribution in [0.1, 0.15) is 47.0 Å². The quantitative estimate of drug-likeness (QED) is 0.530. The van der Waals surface area contributed by atoms with E-state index in [1.54, 1.807) is 16.2 Å². The highest BCUT2D eigenvalue weighted by Gasteiger charge is 2.34. The molecular formula is C24H26N2O2S2. The Labute approximate surface area is 185 Å². The van der Waals surface area contributed by atoms with Gasteiger partial charge >= 0.3 is 0 Å². The van der Waals surface area contributed by atoms with E-state index in [2.05, 4.69) is 5.32 Å². The molecule has 2 heterocycles. The molecule has 1 aliphatic rings. The summed E-state index contributed by atoms with van der Waals surface area (Å²) in [4.78, 5) is 30.6. The van der Waals surface area contributed by atoms with Crippen molar-refractivity contribution in [2.45, 2.75) is 51.1 Å². The zero-order chi connectivity index (χ0) is 20.9. The Morgan fingerprint density at radius 2 is 1.73 bits per heavy atom. The van der Waals surface area contributed by atoms with Gasteiger partial charge in [0.25, 0.3) is 0 Å². The molecule has 3 aromatic rings. The van der Waals surface area contributed by atoms with Gasteiger partial charge in [-0.05, 0) is 54.8 Å². The first-order valence-electron chi connectivity index (χ1n) is 10.4. The number of rotatable bonds is 7. The zero-order valence-corrected chi connectivity index (χ0v) is 18.7. The molecule has 1 aliphatic carbocycles. The number of nitrogens with zero attached hydrogens (tertiary/aromatic N) is 1. The topological polar surface area (TPSA) is 49.4 Å². The van der Waals surface area contributed by atoms with Gasteiger partial charge in [0.2, 0.25) is 11.8 Å². The number of carbonyl (C=O) groups is 2. The fourth-order valence-corrected chi connectivity index (χ4v) is 5.47. The van der Waals surface area contributed by atoms with Crippen molar-refractivity contribution in [1.29, 1.82) is 0 Å². The van der Waals surface area contributed by atoms with Crippen LogP contribution < -0.4 is 10.2 Å². The molecule has 1 saturated carbocycles. The molecule has 4 rings (SSSR count). The van der Waals surface area contributed by atoms with E-state index in [-0.39, 0.29) is 24.3 Å². The second-order valence-corrected chi connectivity index (χ2v) is 9.77. The van der Waals surface area contributed by atoms with E-state index in [0.717, 1.165) is 46.7 Å². The highest BCUT2D eigenvalue weighted by molar-refractivity contribution is 7.10. The standard InChI is InChI=1S/C24H26N2O2S2/c1-17-10-12-19(13-11-17)26(22(27)16-20-8-4-14-29-20)23(21-9-5-15-30-21)24(28)25-18-6-2-3-7-18/h4-5,8-15,18,23H,2-3,6-7,16H2,1H3,(H,25,28). The van der Waals surface area contributed by atoms with Gasteiger partial charge in [0.05, 0.1) is 6.42 Å². The van der Waals surface area contributed by atoms with Crippen LogP contribution in [0.15, 0.2) is 59.3 Å². The van der Waals surface area contributed by atoms with Crippen LogP contribution in [-0.4, -0.2) is 17.9 Å². The van der Waals surface area contributed by atoms with Gasteiger partial charge in [-0.2, -0.15) is 0 Å². The number of hydrogen-bond donors (Lipinski definition) is 1. The Balaban J connectivity index is 1.70. The third-order valence-electron chi connectivity index (χ3n) is 5.51. The molecule has 0 radical (unpaired) electrons. The minimum Gasteiger partial charge on any atom is -0.351 e. The van der Waals surface area contributed by atoms with Crippen molar-refractivity contribution in [2.24, 2.45) is 0 Å². The number of hydrogen-bond acceptors (Lipinski definition) is 4. The summed E-state index contributed by atoms with van der Waals surface area (Å²) in [6.45, 7) is 2.02. The predicted molar refractivity (Wildman–Crippen MR) is 124 cm³/mol. The SMILES string of the molecule is Cc1ccc(N(C(=O)Cc2cccs2)C(C(=O)NC2CCCC2)c2cccs2)cc1. The monoisotopic (exact) mass is 438 g/mol. The second kappa shape index (κ2) is 9.58. The highest BCUT2D eigenvalue weighted by Crippen LogP contribution is 2.32. The van der Waals surface area contributed by atoms with E-state index in [9.17, 15) is 9.59 Å². The van der Waals surface area contributed by atoms with Gasteiger partial charge in [0.1, 0.15) is 6.04 Å². The first kappa shape index (κ1) is 20.8. The smallest absolute Gasteiger partial charge is 0.248 e. The lowest BCUT2D eigenvalue weighted by Gasteiger charge is -2.31. The second-order valence-electron chi connectivity index (χ2n) is 7.76. The molecule has 6 heteroatoms. The summed E-state index contributed by atoms with van der Waals surface area (Å²) in [6.07, 6.45) is 4.60. The molecule has 30 heavy (non-hydrogen) atoms. The van der Waals surface area contributed by atoms with Crippen molar-refractivity contribution in [3.8, 4) is 0 Å². The highest BCUT2D eigenvalue weighted by atomic mass is 32.1. The first-order valence-corrected chi connectivity index (χ1v) is 12.1. The summed E-state index contributed by atoms with van der Waals surface area (Å²) in [5.74, 6) is -0.161. The summed E-state index contributed by atoms with van der Waals surface area (Å²) in [7, 11) is 0. The number of nitrogens with one attached hydrogen (secondary N) is 1. The Morgan fingerprint density at radius 1 is 1.03 bits per heavy atom. The van der Waals surface area contributed by atoms with Gasteiger partial charge in [0.15, 0.2) is 0 Å². The van der Waals surface area contributed by atoms with Gasteiger partial charge in [0, 0.05) is 21.5 Å². The fourth-order valence-electron chi connectivity index (χ4n) is 3.96. The molecule has 2 aromatic heterocycles. The Hall–Kier alpha value is -2.44. The largest absolute Gasteiger partial charge is 0.351 e. The average Bonchev–Trinajstić information content (AvgIpc) is 3.50. The number of anilines is 1. The summed E-state index contributed by atoms with van der Waals surface area (Å²) in [6, 6.07) is 15.2. The van der Waals surface area contributed by atoms with Crippen LogP contribution in [0.4, 0.5) is 5.69 Å². The van der Waals surface area contributed by atoms with Crippen LogP contribution in [0.3, 0.4) is 0 Å². The summed E-state index contributed by atoms with van der Waals surface area (Å²) < 4.78 is 0. The van der Waals surface area contributed by atoms with Crippen LogP contribution in [0.2, 0.25) is 0 Å². The van der Waals surface area contributed by atoms with E-state index in [1.165, 1.54) is 11.3 Å². The van der Waals surface area contributed by atoms with Gasteiger partial charge in [-0.3, -0.25) is 14.5 Å². The van der Waals surface area contributed by atoms with Crippen molar-refractivity contribution in [3.63, 3.8) is 0 Å². The van der Waals surface area contributed by atoms with Crippen LogP contribution in [0.25, 0.3) is 0 Å². The number of thiophene rings is 2. The molecule has 0 bridgehead atoms. The van der Waals surface area contributed by atoms with Gasteiger partial charge in [-0.25, -0.2) is 0 Å². The fraction of sp³-hybridized carbons (Fsp3) is 0.333. The van der Waals surface area contributed by atoms with Crippen LogP contribution in [-0.2, 0) is 16.0 Å². The van der Waals surface area contributed by atoms with Crippen molar-refractivity contribution in [1.82, 2.24) is 5.32 Å². The van der Waals surface area contributed by atoms with Crippen LogP contribution in [0.5, 0.6) is 0 Å². The summed E-state index contributed by atoms with van der Waals surface area (Å²) >= 11 is 3.08. The molecule has 1 N–H and O–H groups in total. The van der Waals surface area contributed by atoms with Gasteiger partial charge < -0.3 is 5.32 Å². The average molecular weight is 439 g/mol. The number of aryl methyl sites for hydroxylation is 1. The molecule has 4 nitrogen and oxygen atoms in total. The Morgan fingerprint density at radius 3 is 2.37 bits per heavy atom. The zero-order valence-electron chi connectivity index (χ0n) is 17.0. The molecule has 1 atom stereocenters. The number of carbonyl (C=O) groups excluding carboxylic acids is 2. The van der Waals surface area contributed by atoms with Crippen molar-refractivity contribution < 1.29 is 9.59 Å². The molecule has 1 unspecified atom stereocenters. The van der Waals surface area contributed by atoms with E-state index in [1.807, 2.05) is 66.2 Å². The number of amides is 2. The maximum absolute atomic E-state index is 13.5. The van der Waals surface area contributed by atoms with Gasteiger partial charge in [-0.15, -0.1) is 22.7 Å². The van der Waals surface area contributed by atoms with Crippen LogP contribution >= 0.6 is 22.7 Å². The lowest BCUT2D eigenvalue weighted by atomic mass is 10.1. The van der Waals surface area contributed by atoms with Crippen LogP contribution in [0, 0.1) is 6.92 Å². The molecule has 2 amide bonds. The Kier molecular flexibility index (Phi) is 6.65.